The Morgan fingerprint density at radius 2 is 1.88 bits per heavy atom. The summed E-state index contributed by atoms with van der Waals surface area (Å²) in [4.78, 5) is 27.8. The van der Waals surface area contributed by atoms with Gasteiger partial charge in [-0.05, 0) is 56.5 Å². The minimum atomic E-state index is -0.00449. The van der Waals surface area contributed by atoms with E-state index in [1.165, 1.54) is 6.42 Å². The van der Waals surface area contributed by atoms with Crippen molar-refractivity contribution < 1.29 is 9.59 Å². The second-order valence-electron chi connectivity index (χ2n) is 6.70. The molecule has 1 saturated heterocycles. The van der Waals surface area contributed by atoms with Gasteiger partial charge in [-0.1, -0.05) is 12.1 Å². The van der Waals surface area contributed by atoms with Crippen LogP contribution in [0.15, 0.2) is 24.3 Å². The van der Waals surface area contributed by atoms with Crippen LogP contribution in [0.4, 0.5) is 0 Å². The van der Waals surface area contributed by atoms with Crippen molar-refractivity contribution in [2.24, 2.45) is 5.92 Å². The highest BCUT2D eigenvalue weighted by Crippen LogP contribution is 2.16. The van der Waals surface area contributed by atoms with Gasteiger partial charge in [0, 0.05) is 39.2 Å². The van der Waals surface area contributed by atoms with Gasteiger partial charge < -0.3 is 15.1 Å². The van der Waals surface area contributed by atoms with Gasteiger partial charge in [-0.2, -0.15) is 0 Å². The van der Waals surface area contributed by atoms with E-state index >= 15 is 0 Å². The summed E-state index contributed by atoms with van der Waals surface area (Å²) < 4.78 is 0. The number of nitrogens with one attached hydrogen (secondary N) is 1. The van der Waals surface area contributed by atoms with Crippen molar-refractivity contribution >= 4 is 24.2 Å². The molecule has 25 heavy (non-hydrogen) atoms. The van der Waals surface area contributed by atoms with Crippen molar-refractivity contribution in [2.45, 2.75) is 32.7 Å². The lowest BCUT2D eigenvalue weighted by Gasteiger charge is -2.22. The third-order valence-electron chi connectivity index (χ3n) is 4.64. The van der Waals surface area contributed by atoms with Gasteiger partial charge in [-0.15, -0.1) is 12.4 Å². The molecule has 1 aliphatic rings. The van der Waals surface area contributed by atoms with Crippen LogP contribution >= 0.6 is 12.4 Å². The fourth-order valence-corrected chi connectivity index (χ4v) is 3.05. The summed E-state index contributed by atoms with van der Waals surface area (Å²) in [6.07, 6.45) is 2.77. The van der Waals surface area contributed by atoms with E-state index in [9.17, 15) is 9.59 Å². The van der Waals surface area contributed by atoms with Gasteiger partial charge in [0.05, 0.1) is 0 Å². The van der Waals surface area contributed by atoms with Crippen molar-refractivity contribution in [3.05, 3.63) is 35.4 Å². The van der Waals surface area contributed by atoms with E-state index in [4.69, 9.17) is 0 Å². The monoisotopic (exact) mass is 367 g/mol. The van der Waals surface area contributed by atoms with Crippen LogP contribution in [0.1, 0.15) is 42.1 Å². The second kappa shape index (κ2) is 10.4. The molecule has 0 spiro atoms. The third kappa shape index (κ3) is 6.33. The Morgan fingerprint density at radius 3 is 2.40 bits per heavy atom. The highest BCUT2D eigenvalue weighted by Gasteiger charge is 2.18. The summed E-state index contributed by atoms with van der Waals surface area (Å²) in [6, 6.07) is 7.54. The van der Waals surface area contributed by atoms with Crippen LogP contribution in [-0.4, -0.2) is 55.3 Å². The average molecular weight is 368 g/mol. The third-order valence-corrected chi connectivity index (χ3v) is 4.64. The number of benzene rings is 1. The standard InChI is InChI=1S/C19H29N3O2.ClH/c1-4-22(18(23)10-7-15-11-12-20-13-15)14-16-5-8-17(9-6-16)19(24)21(2)3;/h5-6,8-9,15,20H,4,7,10-14H2,1-3H3;1H. The van der Waals surface area contributed by atoms with Crippen molar-refractivity contribution in [2.75, 3.05) is 33.7 Å². The van der Waals surface area contributed by atoms with Gasteiger partial charge in [0.15, 0.2) is 0 Å². The SMILES string of the molecule is CCN(Cc1ccc(C(=O)N(C)C)cc1)C(=O)CCC1CCNC1.Cl. The summed E-state index contributed by atoms with van der Waals surface area (Å²) in [7, 11) is 3.49. The molecule has 1 N–H and O–H groups in total. The van der Waals surface area contributed by atoms with Crippen LogP contribution in [0.2, 0.25) is 0 Å². The fraction of sp³-hybridized carbons (Fsp3) is 0.579. The molecular weight excluding hydrogens is 338 g/mol. The van der Waals surface area contributed by atoms with Gasteiger partial charge in [0.2, 0.25) is 5.91 Å². The molecule has 1 fully saturated rings. The second-order valence-corrected chi connectivity index (χ2v) is 6.70. The minimum absolute atomic E-state index is 0. The summed E-state index contributed by atoms with van der Waals surface area (Å²) in [5, 5.41) is 3.35. The van der Waals surface area contributed by atoms with Crippen LogP contribution in [0.5, 0.6) is 0 Å². The van der Waals surface area contributed by atoms with Crippen LogP contribution in [0.25, 0.3) is 0 Å². The number of carbonyl (C=O) groups excluding carboxylic acids is 2. The van der Waals surface area contributed by atoms with Crippen molar-refractivity contribution in [3.8, 4) is 0 Å². The normalized spacial score (nSPS) is 16.2. The predicted molar refractivity (Wildman–Crippen MR) is 103 cm³/mol. The van der Waals surface area contributed by atoms with Gasteiger partial charge in [-0.3, -0.25) is 9.59 Å². The van der Waals surface area contributed by atoms with Crippen LogP contribution in [0, 0.1) is 5.92 Å². The zero-order valence-electron chi connectivity index (χ0n) is 15.5. The van der Waals surface area contributed by atoms with Crippen molar-refractivity contribution in [3.63, 3.8) is 0 Å². The van der Waals surface area contributed by atoms with E-state index in [1.54, 1.807) is 19.0 Å². The molecule has 140 valence electrons. The predicted octanol–water partition coefficient (Wildman–Crippen LogP) is 2.55. The summed E-state index contributed by atoms with van der Waals surface area (Å²) in [5.74, 6) is 0.858. The summed E-state index contributed by atoms with van der Waals surface area (Å²) in [5.41, 5.74) is 1.73. The Hall–Kier alpha value is -1.59. The van der Waals surface area contributed by atoms with Crippen LogP contribution in [-0.2, 0) is 11.3 Å². The molecule has 1 aromatic rings. The Balaban J connectivity index is 0.00000312. The van der Waals surface area contributed by atoms with E-state index in [-0.39, 0.29) is 24.2 Å². The highest BCUT2D eigenvalue weighted by molar-refractivity contribution is 5.93. The smallest absolute Gasteiger partial charge is 0.253 e. The maximum Gasteiger partial charge on any atom is 0.253 e. The number of rotatable bonds is 7. The van der Waals surface area contributed by atoms with Crippen LogP contribution in [0.3, 0.4) is 0 Å². The maximum absolute atomic E-state index is 12.4. The van der Waals surface area contributed by atoms with Gasteiger partial charge in [-0.25, -0.2) is 0 Å². The highest BCUT2D eigenvalue weighted by atomic mass is 35.5. The van der Waals surface area contributed by atoms with E-state index in [0.29, 0.717) is 31.0 Å². The minimum Gasteiger partial charge on any atom is -0.345 e. The Bertz CT molecular complexity index is 554. The fourth-order valence-electron chi connectivity index (χ4n) is 3.05. The molecule has 1 atom stereocenters. The first-order valence-electron chi connectivity index (χ1n) is 8.80. The van der Waals surface area contributed by atoms with Gasteiger partial charge in [0.25, 0.3) is 5.91 Å². The molecule has 6 heteroatoms. The lowest BCUT2D eigenvalue weighted by atomic mass is 10.0. The Labute approximate surface area is 157 Å². The van der Waals surface area contributed by atoms with E-state index in [2.05, 4.69) is 5.32 Å². The molecule has 1 aliphatic heterocycles. The zero-order chi connectivity index (χ0) is 17.5. The number of amides is 2. The average Bonchev–Trinajstić information content (AvgIpc) is 3.10. The first-order chi connectivity index (χ1) is 11.5. The van der Waals surface area contributed by atoms with Crippen molar-refractivity contribution in [1.82, 2.24) is 15.1 Å². The molecule has 2 rings (SSSR count). The number of hydrogen-bond acceptors (Lipinski definition) is 3. The number of hydrogen-bond donors (Lipinski definition) is 1. The van der Waals surface area contributed by atoms with E-state index in [0.717, 1.165) is 25.1 Å². The van der Waals surface area contributed by atoms with Gasteiger partial charge in [0.1, 0.15) is 0 Å². The summed E-state index contributed by atoms with van der Waals surface area (Å²) in [6.45, 7) is 5.45. The molecular formula is C19H30ClN3O2. The quantitative estimate of drug-likeness (QED) is 0.805. The summed E-state index contributed by atoms with van der Waals surface area (Å²) >= 11 is 0. The lowest BCUT2D eigenvalue weighted by molar-refractivity contribution is -0.131. The molecule has 0 radical (unpaired) electrons. The van der Waals surface area contributed by atoms with E-state index < -0.39 is 0 Å². The number of carbonyl (C=O) groups is 2. The van der Waals surface area contributed by atoms with Crippen molar-refractivity contribution in [1.29, 1.82) is 0 Å². The molecule has 2 amide bonds. The largest absolute Gasteiger partial charge is 0.345 e. The first kappa shape index (κ1) is 21.5. The number of nitrogens with zero attached hydrogens (tertiary/aromatic N) is 2. The van der Waals surface area contributed by atoms with Crippen LogP contribution < -0.4 is 5.32 Å². The molecule has 0 saturated carbocycles. The molecule has 1 heterocycles. The molecule has 0 aliphatic carbocycles. The molecule has 1 aromatic carbocycles. The van der Waals surface area contributed by atoms with E-state index in [1.807, 2.05) is 36.1 Å². The Morgan fingerprint density at radius 1 is 1.20 bits per heavy atom. The lowest BCUT2D eigenvalue weighted by Crippen LogP contribution is -2.30. The topological polar surface area (TPSA) is 52.7 Å². The van der Waals surface area contributed by atoms with Gasteiger partial charge >= 0.3 is 0 Å². The Kier molecular flexibility index (Phi) is 8.93. The zero-order valence-corrected chi connectivity index (χ0v) is 16.3. The molecule has 5 nitrogen and oxygen atoms in total. The molecule has 0 aromatic heterocycles. The maximum atomic E-state index is 12.4. The first-order valence-corrected chi connectivity index (χ1v) is 8.80. The number of halogens is 1. The molecule has 0 bridgehead atoms. The molecule has 1 unspecified atom stereocenters.